The number of thiophene rings is 1. The number of rotatable bonds is 1. The molecule has 1 aliphatic rings. The van der Waals surface area contributed by atoms with E-state index < -0.39 is 0 Å². The molecule has 4 nitrogen and oxygen atoms in total. The minimum Gasteiger partial charge on any atom is -0.317 e. The van der Waals surface area contributed by atoms with Gasteiger partial charge in [-0.2, -0.15) is 0 Å². The van der Waals surface area contributed by atoms with Crippen LogP contribution in [0.1, 0.15) is 35.1 Å². The highest BCUT2D eigenvalue weighted by Gasteiger charge is 2.21. The molecule has 0 radical (unpaired) electrons. The van der Waals surface area contributed by atoms with Crippen LogP contribution < -0.4 is 10.9 Å². The third kappa shape index (κ3) is 2.01. The number of nitrogens with zero attached hydrogens (tertiary/aromatic N) is 2. The van der Waals surface area contributed by atoms with E-state index in [9.17, 15) is 4.79 Å². The Hall–Kier alpha value is -1.20. The van der Waals surface area contributed by atoms with Crippen molar-refractivity contribution in [2.75, 3.05) is 13.1 Å². The first-order valence-corrected chi connectivity index (χ1v) is 7.61. The van der Waals surface area contributed by atoms with Gasteiger partial charge in [-0.25, -0.2) is 4.98 Å². The minimum atomic E-state index is 0.149. The lowest BCUT2D eigenvalue weighted by atomic mass is 10.1. The number of aryl methyl sites for hydroxylation is 3. The molecular weight excluding hydrogens is 258 g/mol. The van der Waals surface area contributed by atoms with Gasteiger partial charge in [0.15, 0.2) is 0 Å². The quantitative estimate of drug-likeness (QED) is 0.870. The Bertz CT molecular complexity index is 680. The predicted molar refractivity (Wildman–Crippen MR) is 79.2 cm³/mol. The summed E-state index contributed by atoms with van der Waals surface area (Å²) < 4.78 is 1.92. The molecule has 0 amide bonds. The molecule has 1 saturated heterocycles. The van der Waals surface area contributed by atoms with Gasteiger partial charge in [-0.1, -0.05) is 0 Å². The zero-order valence-electron chi connectivity index (χ0n) is 11.6. The van der Waals surface area contributed by atoms with E-state index in [1.165, 1.54) is 4.88 Å². The fraction of sp³-hybridized carbons (Fsp3) is 0.571. The third-order valence-corrected chi connectivity index (χ3v) is 5.19. The van der Waals surface area contributed by atoms with Gasteiger partial charge in [0, 0.05) is 10.9 Å². The van der Waals surface area contributed by atoms with Gasteiger partial charge in [0.2, 0.25) is 0 Å². The highest BCUT2D eigenvalue weighted by atomic mass is 32.1. The van der Waals surface area contributed by atoms with Gasteiger partial charge in [-0.15, -0.1) is 11.3 Å². The van der Waals surface area contributed by atoms with E-state index in [1.807, 2.05) is 18.4 Å². The Morgan fingerprint density at radius 1 is 1.26 bits per heavy atom. The molecular formula is C14H19N3OS. The summed E-state index contributed by atoms with van der Waals surface area (Å²) in [5.74, 6) is 0.852. The summed E-state index contributed by atoms with van der Waals surface area (Å²) in [6.45, 7) is 8.00. The van der Waals surface area contributed by atoms with Crippen LogP contribution >= 0.6 is 11.3 Å². The molecule has 1 N–H and O–H groups in total. The second-order valence-electron chi connectivity index (χ2n) is 5.28. The molecule has 2 aromatic rings. The van der Waals surface area contributed by atoms with Crippen molar-refractivity contribution in [3.8, 4) is 0 Å². The molecule has 0 atom stereocenters. The first-order chi connectivity index (χ1) is 9.09. The molecule has 0 unspecified atom stereocenters. The molecule has 0 bridgehead atoms. The first kappa shape index (κ1) is 12.8. The van der Waals surface area contributed by atoms with Crippen molar-refractivity contribution in [1.29, 1.82) is 0 Å². The summed E-state index contributed by atoms with van der Waals surface area (Å²) in [6.07, 6.45) is 2.02. The lowest BCUT2D eigenvalue weighted by molar-refractivity contribution is 0.354. The van der Waals surface area contributed by atoms with Crippen molar-refractivity contribution in [3.63, 3.8) is 0 Å². The second kappa shape index (κ2) is 4.72. The molecule has 3 heterocycles. The molecule has 0 saturated carbocycles. The predicted octanol–water partition coefficient (Wildman–Crippen LogP) is 2.31. The van der Waals surface area contributed by atoms with Crippen molar-refractivity contribution in [3.05, 3.63) is 26.6 Å². The summed E-state index contributed by atoms with van der Waals surface area (Å²) in [7, 11) is 0. The van der Waals surface area contributed by atoms with Gasteiger partial charge in [-0.05, 0) is 52.3 Å². The van der Waals surface area contributed by atoms with E-state index in [-0.39, 0.29) is 5.56 Å². The van der Waals surface area contributed by atoms with Crippen molar-refractivity contribution >= 4 is 21.6 Å². The molecule has 0 spiro atoms. The maximum Gasteiger partial charge on any atom is 0.262 e. The Morgan fingerprint density at radius 3 is 2.63 bits per heavy atom. The minimum absolute atomic E-state index is 0.149. The number of nitrogens with one attached hydrogen (secondary N) is 1. The smallest absolute Gasteiger partial charge is 0.262 e. The second-order valence-corrected chi connectivity index (χ2v) is 6.48. The van der Waals surface area contributed by atoms with Crippen LogP contribution in [0.3, 0.4) is 0 Å². The molecule has 1 fully saturated rings. The van der Waals surface area contributed by atoms with E-state index >= 15 is 0 Å². The SMILES string of the molecule is Cc1sc2nc(C)n(C3CCNCC3)c(=O)c2c1C. The largest absolute Gasteiger partial charge is 0.317 e. The van der Waals surface area contributed by atoms with Crippen LogP contribution in [0.4, 0.5) is 0 Å². The Labute approximate surface area is 116 Å². The maximum absolute atomic E-state index is 12.8. The van der Waals surface area contributed by atoms with Crippen LogP contribution in [-0.2, 0) is 0 Å². The van der Waals surface area contributed by atoms with Gasteiger partial charge >= 0.3 is 0 Å². The van der Waals surface area contributed by atoms with Gasteiger partial charge in [0.25, 0.3) is 5.56 Å². The zero-order valence-corrected chi connectivity index (χ0v) is 12.4. The summed E-state index contributed by atoms with van der Waals surface area (Å²) in [6, 6.07) is 0.297. The zero-order chi connectivity index (χ0) is 13.6. The van der Waals surface area contributed by atoms with Gasteiger partial charge in [-0.3, -0.25) is 9.36 Å². The van der Waals surface area contributed by atoms with Crippen LogP contribution in [0.25, 0.3) is 10.2 Å². The Morgan fingerprint density at radius 2 is 1.95 bits per heavy atom. The van der Waals surface area contributed by atoms with Gasteiger partial charge < -0.3 is 5.32 Å². The van der Waals surface area contributed by atoms with Crippen LogP contribution in [0.2, 0.25) is 0 Å². The lowest BCUT2D eigenvalue weighted by Gasteiger charge is -2.26. The molecule has 0 aromatic carbocycles. The van der Waals surface area contributed by atoms with E-state index in [2.05, 4.69) is 17.2 Å². The van der Waals surface area contributed by atoms with Crippen molar-refractivity contribution < 1.29 is 0 Å². The van der Waals surface area contributed by atoms with Crippen molar-refractivity contribution in [1.82, 2.24) is 14.9 Å². The van der Waals surface area contributed by atoms with E-state index in [4.69, 9.17) is 0 Å². The van der Waals surface area contributed by atoms with Gasteiger partial charge in [0.1, 0.15) is 10.7 Å². The number of piperidine rings is 1. The van der Waals surface area contributed by atoms with Crippen LogP contribution in [0.5, 0.6) is 0 Å². The standard InChI is InChI=1S/C14H19N3OS/c1-8-9(2)19-13-12(8)14(18)17(10(3)16-13)11-4-6-15-7-5-11/h11,15H,4-7H2,1-3H3. The Balaban J connectivity index is 2.24. The number of aromatic nitrogens is 2. The summed E-state index contributed by atoms with van der Waals surface area (Å²) in [5.41, 5.74) is 1.25. The lowest BCUT2D eigenvalue weighted by Crippen LogP contribution is -2.35. The molecule has 5 heteroatoms. The number of hydrogen-bond donors (Lipinski definition) is 1. The molecule has 19 heavy (non-hydrogen) atoms. The fourth-order valence-electron chi connectivity index (χ4n) is 2.90. The third-order valence-electron chi connectivity index (χ3n) is 4.09. The number of fused-ring (bicyclic) bond motifs is 1. The molecule has 2 aromatic heterocycles. The molecule has 102 valence electrons. The van der Waals surface area contributed by atoms with Gasteiger partial charge in [0.05, 0.1) is 5.39 Å². The summed E-state index contributed by atoms with van der Waals surface area (Å²) in [5, 5.41) is 4.17. The Kier molecular flexibility index (Phi) is 3.19. The molecule has 1 aliphatic heterocycles. The van der Waals surface area contributed by atoms with Crippen molar-refractivity contribution in [2.24, 2.45) is 0 Å². The highest BCUT2D eigenvalue weighted by Crippen LogP contribution is 2.27. The summed E-state index contributed by atoms with van der Waals surface area (Å²) >= 11 is 1.63. The average Bonchev–Trinajstić information content (AvgIpc) is 2.66. The first-order valence-electron chi connectivity index (χ1n) is 6.79. The van der Waals surface area contributed by atoms with E-state index in [0.29, 0.717) is 6.04 Å². The maximum atomic E-state index is 12.8. The molecule has 3 rings (SSSR count). The average molecular weight is 277 g/mol. The van der Waals surface area contributed by atoms with E-state index in [0.717, 1.165) is 47.5 Å². The fourth-order valence-corrected chi connectivity index (χ4v) is 3.97. The van der Waals surface area contributed by atoms with Crippen LogP contribution in [0, 0.1) is 20.8 Å². The van der Waals surface area contributed by atoms with E-state index in [1.54, 1.807) is 11.3 Å². The van der Waals surface area contributed by atoms with Crippen LogP contribution in [0.15, 0.2) is 4.79 Å². The summed E-state index contributed by atoms with van der Waals surface area (Å²) in [4.78, 5) is 19.5. The number of hydrogen-bond acceptors (Lipinski definition) is 4. The van der Waals surface area contributed by atoms with Crippen LogP contribution in [-0.4, -0.2) is 22.6 Å². The topological polar surface area (TPSA) is 46.9 Å². The molecule has 0 aliphatic carbocycles. The highest BCUT2D eigenvalue weighted by molar-refractivity contribution is 7.18. The van der Waals surface area contributed by atoms with Crippen molar-refractivity contribution in [2.45, 2.75) is 39.7 Å². The monoisotopic (exact) mass is 277 g/mol. The normalized spacial score (nSPS) is 17.2.